The predicted octanol–water partition coefficient (Wildman–Crippen LogP) is 4.64. The molecule has 1 aliphatic heterocycles. The highest BCUT2D eigenvalue weighted by atomic mass is 35.5. The zero-order valence-corrected chi connectivity index (χ0v) is 22.9. The smallest absolute Gasteiger partial charge is 0.261 e. The minimum absolute atomic E-state index is 0.0297. The number of fused-ring (bicyclic) bond motifs is 2. The first-order valence-corrected chi connectivity index (χ1v) is 14.6. The second kappa shape index (κ2) is 11.1. The maximum atomic E-state index is 13.2. The summed E-state index contributed by atoms with van der Waals surface area (Å²) in [6.07, 6.45) is 6.63. The molecule has 1 saturated carbocycles. The van der Waals surface area contributed by atoms with Crippen LogP contribution in [-0.2, 0) is 11.3 Å². The first kappa shape index (κ1) is 26.6. The molecule has 206 valence electrons. The summed E-state index contributed by atoms with van der Waals surface area (Å²) in [6, 6.07) is 14.0. The highest BCUT2D eigenvalue weighted by Crippen LogP contribution is 2.36. The van der Waals surface area contributed by atoms with Gasteiger partial charge < -0.3 is 10.3 Å². The molecular weight excluding hydrogens is 552 g/mol. The summed E-state index contributed by atoms with van der Waals surface area (Å²) in [5, 5.41) is 4.88. The van der Waals surface area contributed by atoms with Crippen molar-refractivity contribution in [1.82, 2.24) is 24.6 Å². The molecule has 4 N–H and O–H groups in total. The number of imide groups is 1. The average Bonchev–Trinajstić information content (AvgIpc) is 3.49. The number of hydrogen-bond donors (Lipinski definition) is 4. The highest BCUT2D eigenvalue weighted by molar-refractivity contribution is 7.77. The number of pyridine rings is 2. The number of aromatic amines is 1. The Morgan fingerprint density at radius 3 is 2.48 bits per heavy atom. The van der Waals surface area contributed by atoms with E-state index in [9.17, 15) is 18.4 Å². The number of carbonyl (C=O) groups is 2. The van der Waals surface area contributed by atoms with E-state index in [-0.39, 0.29) is 30.3 Å². The summed E-state index contributed by atoms with van der Waals surface area (Å²) >= 11 is 4.14. The lowest BCUT2D eigenvalue weighted by atomic mass is 9.80. The number of H-pyrrole nitrogens is 1. The van der Waals surface area contributed by atoms with Crippen molar-refractivity contribution in [1.29, 1.82) is 0 Å². The maximum absolute atomic E-state index is 13.2. The van der Waals surface area contributed by atoms with Crippen LogP contribution in [0, 0.1) is 5.92 Å². The van der Waals surface area contributed by atoms with Gasteiger partial charge >= 0.3 is 0 Å². The topological polar surface area (TPSA) is 140 Å². The van der Waals surface area contributed by atoms with Crippen LogP contribution in [0.4, 0.5) is 5.82 Å². The largest absolute Gasteiger partial charge is 0.367 e. The van der Waals surface area contributed by atoms with E-state index in [0.29, 0.717) is 22.1 Å². The summed E-state index contributed by atoms with van der Waals surface area (Å²) < 4.78 is 23.3. The zero-order chi connectivity index (χ0) is 27.8. The Hall–Kier alpha value is -3.64. The van der Waals surface area contributed by atoms with Crippen LogP contribution in [0.2, 0.25) is 5.15 Å². The molecular formula is C28H27ClN6O4S. The molecule has 12 heteroatoms. The quantitative estimate of drug-likeness (QED) is 0.136. The van der Waals surface area contributed by atoms with Crippen molar-refractivity contribution in [2.45, 2.75) is 37.8 Å². The number of rotatable bonds is 8. The molecule has 2 atom stereocenters. The van der Waals surface area contributed by atoms with Crippen LogP contribution < -0.4 is 10.0 Å². The summed E-state index contributed by atoms with van der Waals surface area (Å²) in [7, 11) is 0. The van der Waals surface area contributed by atoms with Crippen molar-refractivity contribution in [3.63, 3.8) is 0 Å². The van der Waals surface area contributed by atoms with E-state index in [0.717, 1.165) is 47.8 Å². The van der Waals surface area contributed by atoms with Gasteiger partial charge in [0.25, 0.3) is 11.8 Å². The third kappa shape index (κ3) is 5.13. The molecule has 1 aromatic carbocycles. The molecule has 1 fully saturated rings. The van der Waals surface area contributed by atoms with E-state index in [1.807, 2.05) is 30.5 Å². The van der Waals surface area contributed by atoms with Crippen molar-refractivity contribution < 1.29 is 18.4 Å². The molecule has 2 unspecified atom stereocenters. The molecule has 2 amide bonds. The van der Waals surface area contributed by atoms with Gasteiger partial charge in [-0.1, -0.05) is 23.7 Å². The lowest BCUT2D eigenvalue weighted by molar-refractivity contribution is 0.0500. The number of halogens is 1. The molecule has 10 nitrogen and oxygen atoms in total. The number of anilines is 1. The summed E-state index contributed by atoms with van der Waals surface area (Å²) in [6.45, 7) is 0.0377. The van der Waals surface area contributed by atoms with Crippen LogP contribution in [0.15, 0.2) is 60.9 Å². The Labute approximate surface area is 238 Å². The minimum atomic E-state index is -2.26. The molecule has 0 bridgehead atoms. The fourth-order valence-electron chi connectivity index (χ4n) is 5.91. The predicted molar refractivity (Wildman–Crippen MR) is 153 cm³/mol. The number of nitrogens with zero attached hydrogens (tertiary/aromatic N) is 3. The molecule has 0 saturated heterocycles. The average molecular weight is 579 g/mol. The first-order chi connectivity index (χ1) is 19.4. The number of carbonyl (C=O) groups excluding carboxylic acids is 2. The Morgan fingerprint density at radius 1 is 1.05 bits per heavy atom. The van der Waals surface area contributed by atoms with Gasteiger partial charge in [0, 0.05) is 35.9 Å². The second-order valence-corrected chi connectivity index (χ2v) is 11.3. The van der Waals surface area contributed by atoms with Crippen LogP contribution in [0.25, 0.3) is 22.2 Å². The van der Waals surface area contributed by atoms with Crippen molar-refractivity contribution in [2.75, 3.05) is 11.9 Å². The van der Waals surface area contributed by atoms with E-state index in [2.05, 4.69) is 25.0 Å². The van der Waals surface area contributed by atoms with E-state index in [1.54, 1.807) is 30.5 Å². The standard InChI is InChI=1S/C28H27ClN6O4S/c29-24-12-17(22-14-31-26-19(22)6-3-11-30-26)13-25(34-24)33-18-9-7-16(8-10-18)23(15-32-40(38)39)35-27(36)20-4-1-2-5-21(20)28(35)37/h1-6,11-14,16,18,23,32H,7-10,15H2,(H,30,31)(H,33,34)(H,38,39). The molecule has 40 heavy (non-hydrogen) atoms. The summed E-state index contributed by atoms with van der Waals surface area (Å²) in [5.41, 5.74) is 3.44. The number of nitrogens with one attached hydrogen (secondary N) is 3. The van der Waals surface area contributed by atoms with Gasteiger partial charge in [-0.05, 0) is 73.6 Å². The van der Waals surface area contributed by atoms with Crippen molar-refractivity contribution >= 4 is 51.5 Å². The Bertz CT molecular complexity index is 1580. The monoisotopic (exact) mass is 578 g/mol. The van der Waals surface area contributed by atoms with Gasteiger partial charge in [-0.3, -0.25) is 19.0 Å². The maximum Gasteiger partial charge on any atom is 0.261 e. The van der Waals surface area contributed by atoms with Crippen molar-refractivity contribution in [2.24, 2.45) is 5.92 Å². The SMILES string of the molecule is O=C1c2ccccc2C(=O)N1C(CNS(=O)O)C1CCC(Nc2cc(-c3c[nH]c4ncccc34)cc(Cl)n2)CC1. The van der Waals surface area contributed by atoms with Crippen molar-refractivity contribution in [3.05, 3.63) is 77.2 Å². The molecule has 4 heterocycles. The summed E-state index contributed by atoms with van der Waals surface area (Å²) in [4.78, 5) is 39.7. The number of hydrogen-bond acceptors (Lipinski definition) is 6. The Kier molecular flexibility index (Phi) is 7.37. The lowest BCUT2D eigenvalue weighted by Gasteiger charge is -2.38. The zero-order valence-electron chi connectivity index (χ0n) is 21.3. The molecule has 6 rings (SSSR count). The fourth-order valence-corrected chi connectivity index (χ4v) is 6.44. The van der Waals surface area contributed by atoms with Crippen LogP contribution >= 0.6 is 11.6 Å². The Morgan fingerprint density at radius 2 is 1.77 bits per heavy atom. The van der Waals surface area contributed by atoms with Gasteiger partial charge in [-0.15, -0.1) is 0 Å². The van der Waals surface area contributed by atoms with Gasteiger partial charge in [-0.25, -0.2) is 18.9 Å². The van der Waals surface area contributed by atoms with Gasteiger partial charge in [0.1, 0.15) is 16.6 Å². The van der Waals surface area contributed by atoms with Crippen LogP contribution in [0.3, 0.4) is 0 Å². The van der Waals surface area contributed by atoms with Gasteiger partial charge in [0.15, 0.2) is 0 Å². The summed E-state index contributed by atoms with van der Waals surface area (Å²) in [5.74, 6) is -0.0876. The van der Waals surface area contributed by atoms with E-state index < -0.39 is 17.3 Å². The lowest BCUT2D eigenvalue weighted by Crippen LogP contribution is -2.51. The Balaban J connectivity index is 1.17. The van der Waals surface area contributed by atoms with Crippen LogP contribution in [0.5, 0.6) is 0 Å². The molecule has 4 aromatic rings. The van der Waals surface area contributed by atoms with Crippen molar-refractivity contribution in [3.8, 4) is 11.1 Å². The molecule has 1 aliphatic carbocycles. The number of amides is 2. The first-order valence-electron chi connectivity index (χ1n) is 13.1. The van der Waals surface area contributed by atoms with E-state index >= 15 is 0 Å². The minimum Gasteiger partial charge on any atom is -0.367 e. The van der Waals surface area contributed by atoms with Gasteiger partial charge in [-0.2, -0.15) is 0 Å². The normalized spacial score (nSPS) is 20.5. The molecule has 2 aliphatic rings. The number of aromatic nitrogens is 3. The van der Waals surface area contributed by atoms with Gasteiger partial charge in [0.2, 0.25) is 11.3 Å². The van der Waals surface area contributed by atoms with Crippen LogP contribution in [-0.4, -0.2) is 59.1 Å². The molecule has 0 radical (unpaired) electrons. The third-order valence-corrected chi connectivity index (χ3v) is 8.40. The highest BCUT2D eigenvalue weighted by Gasteiger charge is 2.43. The fraction of sp³-hybridized carbons (Fsp3) is 0.286. The third-order valence-electron chi connectivity index (χ3n) is 7.80. The van der Waals surface area contributed by atoms with Gasteiger partial charge in [0.05, 0.1) is 17.2 Å². The molecule has 3 aromatic heterocycles. The molecule has 0 spiro atoms. The van der Waals surface area contributed by atoms with E-state index in [1.165, 1.54) is 4.90 Å². The second-order valence-electron chi connectivity index (χ2n) is 10.1. The van der Waals surface area contributed by atoms with Crippen LogP contribution in [0.1, 0.15) is 46.4 Å². The van der Waals surface area contributed by atoms with E-state index in [4.69, 9.17) is 11.6 Å². The number of benzene rings is 1.